The molecule has 8 nitrogen and oxygen atoms in total. The number of ether oxygens (including phenoxy) is 1. The number of aryl methyl sites for hydroxylation is 1. The van der Waals surface area contributed by atoms with Crippen molar-refractivity contribution in [3.63, 3.8) is 0 Å². The number of benzene rings is 6. The van der Waals surface area contributed by atoms with E-state index in [9.17, 15) is 17.8 Å². The van der Waals surface area contributed by atoms with Crippen LogP contribution in [0.25, 0.3) is 27.6 Å². The summed E-state index contributed by atoms with van der Waals surface area (Å²) >= 11 is 0. The maximum atomic E-state index is 11.9. The van der Waals surface area contributed by atoms with Gasteiger partial charge in [0, 0.05) is 57.9 Å². The lowest BCUT2D eigenvalue weighted by Crippen LogP contribution is -2.29. The quantitative estimate of drug-likeness (QED) is 0.0859. The topological polar surface area (TPSA) is 107 Å². The Balaban J connectivity index is 1.23. The third-order valence-corrected chi connectivity index (χ3v) is 12.8. The van der Waals surface area contributed by atoms with Crippen LogP contribution in [0.4, 0.5) is 17.1 Å². The number of hydrogen-bond donors (Lipinski definition) is 2. The molecule has 3 aliphatic heterocycles. The van der Waals surface area contributed by atoms with E-state index in [1.165, 1.54) is 34.0 Å². The molecule has 284 valence electrons. The van der Waals surface area contributed by atoms with Crippen molar-refractivity contribution in [2.45, 2.75) is 75.5 Å². The minimum absolute atomic E-state index is 0.136. The van der Waals surface area contributed by atoms with E-state index in [1.807, 2.05) is 0 Å². The first-order valence-corrected chi connectivity index (χ1v) is 20.8. The highest BCUT2D eigenvalue weighted by Crippen LogP contribution is 2.56. The van der Waals surface area contributed by atoms with Gasteiger partial charge in [-0.2, -0.15) is 13.0 Å². The molecular formula is C47H45N2O6S+. The highest BCUT2D eigenvalue weighted by atomic mass is 32.2. The number of unbranched alkanes of at least 4 members (excludes halogenated alkanes) is 2. The third kappa shape index (κ3) is 5.87. The van der Waals surface area contributed by atoms with Crippen LogP contribution in [-0.4, -0.2) is 37.1 Å². The molecule has 3 heterocycles. The molecule has 0 atom stereocenters. The molecule has 6 aromatic rings. The number of carboxylic acid groups (broad SMARTS) is 1. The monoisotopic (exact) mass is 765 g/mol. The average Bonchev–Trinajstić information content (AvgIpc) is 3.63. The van der Waals surface area contributed by atoms with E-state index in [0.29, 0.717) is 13.0 Å². The molecule has 0 aromatic heterocycles. The van der Waals surface area contributed by atoms with Crippen molar-refractivity contribution in [2.75, 3.05) is 18.0 Å². The summed E-state index contributed by atoms with van der Waals surface area (Å²) in [4.78, 5) is 13.0. The van der Waals surface area contributed by atoms with Crippen molar-refractivity contribution in [2.24, 2.45) is 0 Å². The molecule has 0 amide bonds. The Morgan fingerprint density at radius 3 is 2.11 bits per heavy atom. The van der Waals surface area contributed by atoms with Gasteiger partial charge in [-0.05, 0) is 85.9 Å². The number of rotatable bonds is 9. The first kappa shape index (κ1) is 36.1. The van der Waals surface area contributed by atoms with Gasteiger partial charge in [-0.25, -0.2) is 0 Å². The highest BCUT2D eigenvalue weighted by molar-refractivity contribution is 7.85. The van der Waals surface area contributed by atoms with Crippen molar-refractivity contribution in [1.29, 1.82) is 0 Å². The molecule has 56 heavy (non-hydrogen) atoms. The van der Waals surface area contributed by atoms with Crippen LogP contribution in [0, 0.1) is 0 Å². The fraction of sp³-hybridized carbons (Fsp3) is 0.277. The summed E-state index contributed by atoms with van der Waals surface area (Å²) in [6.07, 6.45) is 6.05. The normalized spacial score (nSPS) is 16.2. The van der Waals surface area contributed by atoms with Gasteiger partial charge in [0.1, 0.15) is 11.5 Å². The van der Waals surface area contributed by atoms with Gasteiger partial charge in [-0.1, -0.05) is 74.9 Å². The summed E-state index contributed by atoms with van der Waals surface area (Å²) in [6.45, 7) is 10.5. The molecule has 0 radical (unpaired) electrons. The molecule has 3 aliphatic rings. The molecule has 0 saturated carbocycles. The van der Waals surface area contributed by atoms with Crippen LogP contribution in [0.1, 0.15) is 75.6 Å². The van der Waals surface area contributed by atoms with Crippen LogP contribution in [0.5, 0.6) is 11.5 Å². The molecule has 9 heteroatoms. The van der Waals surface area contributed by atoms with Crippen molar-refractivity contribution >= 4 is 60.8 Å². The van der Waals surface area contributed by atoms with Crippen molar-refractivity contribution in [1.82, 2.24) is 4.58 Å². The van der Waals surface area contributed by atoms with Gasteiger partial charge in [0.2, 0.25) is 11.0 Å². The second-order valence-corrected chi connectivity index (χ2v) is 18.2. The first-order valence-electron chi connectivity index (χ1n) is 19.4. The smallest absolute Gasteiger partial charge is 0.303 e. The Bertz CT molecular complexity index is 2860. The Morgan fingerprint density at radius 1 is 0.768 bits per heavy atom. The lowest BCUT2D eigenvalue weighted by Gasteiger charge is -2.28. The Labute approximate surface area is 326 Å². The first-order chi connectivity index (χ1) is 26.7. The lowest BCUT2D eigenvalue weighted by molar-refractivity contribution is -0.137. The maximum absolute atomic E-state index is 11.9. The van der Waals surface area contributed by atoms with Gasteiger partial charge in [0.25, 0.3) is 10.1 Å². The summed E-state index contributed by atoms with van der Waals surface area (Å²) in [5.41, 5.74) is 7.01. The standard InChI is InChI=1S/C47H44N2O6S/c1-46(2)27-48(30-20-18-29(19-21-30)12-6-5-7-17-39(50)51)42-35-15-10-8-13-33(35)37-26-38-34-14-9-11-16-36(34)43-41(45(38)55-44(37)40(42)46)47(3,4)28-49(43)31-22-24-32(25-23-31)56(52,53)54/h8-11,13-16,18-26H,5-7,12,17,27-28H2,1-4H3,(H-,50,51,52,53,54)/p+1. The van der Waals surface area contributed by atoms with Crippen molar-refractivity contribution in [3.05, 3.63) is 130 Å². The second kappa shape index (κ2) is 13.0. The van der Waals surface area contributed by atoms with Crippen molar-refractivity contribution in [3.8, 4) is 11.5 Å². The van der Waals surface area contributed by atoms with Crippen LogP contribution in [-0.2, 0) is 32.2 Å². The SMILES string of the molecule is CC1(C)CN(c2ccc(S(=O)(=O)O)cc2)c2c1c1c(c3ccccc23)C=c2c(c3c(c4ccccc24)=[N+](c2ccc(CCCCCC(=O)O)cc2)CC3(C)C)O1. The fourth-order valence-corrected chi connectivity index (χ4v) is 9.86. The van der Waals surface area contributed by atoms with Crippen LogP contribution in [0.3, 0.4) is 0 Å². The number of carbonyl (C=O) groups is 1. The van der Waals surface area contributed by atoms with Crippen LogP contribution in [0.15, 0.2) is 102 Å². The van der Waals surface area contributed by atoms with Gasteiger partial charge in [0.05, 0.1) is 26.9 Å². The summed E-state index contributed by atoms with van der Waals surface area (Å²) in [7, 11) is -4.32. The molecule has 0 saturated heterocycles. The van der Waals surface area contributed by atoms with Gasteiger partial charge < -0.3 is 14.7 Å². The Hall–Kier alpha value is -5.51. The minimum Gasteiger partial charge on any atom is -0.481 e. The Kier molecular flexibility index (Phi) is 8.41. The van der Waals surface area contributed by atoms with E-state index < -0.39 is 16.1 Å². The Morgan fingerprint density at radius 2 is 1.43 bits per heavy atom. The number of aliphatic carboxylic acids is 1. The predicted molar refractivity (Wildman–Crippen MR) is 222 cm³/mol. The molecule has 0 bridgehead atoms. The van der Waals surface area contributed by atoms with Crippen molar-refractivity contribution < 1.29 is 27.6 Å². The predicted octanol–water partition coefficient (Wildman–Crippen LogP) is 8.91. The number of nitrogens with zero attached hydrogens (tertiary/aromatic N) is 2. The van der Waals surface area contributed by atoms with Gasteiger partial charge >= 0.3 is 5.97 Å². The van der Waals surface area contributed by atoms with E-state index in [-0.39, 0.29) is 22.1 Å². The minimum atomic E-state index is -4.32. The molecule has 0 aliphatic carbocycles. The zero-order valence-corrected chi connectivity index (χ0v) is 32.9. The molecule has 6 aromatic carbocycles. The van der Waals surface area contributed by atoms with Gasteiger partial charge in [-0.15, -0.1) is 0 Å². The molecule has 2 N–H and O–H groups in total. The van der Waals surface area contributed by atoms with E-state index in [4.69, 9.17) is 9.84 Å². The summed E-state index contributed by atoms with van der Waals surface area (Å²) in [5, 5.41) is 15.7. The highest BCUT2D eigenvalue weighted by Gasteiger charge is 2.46. The van der Waals surface area contributed by atoms with Gasteiger partial charge in [0.15, 0.2) is 6.54 Å². The van der Waals surface area contributed by atoms with E-state index in [1.54, 1.807) is 12.1 Å². The maximum Gasteiger partial charge on any atom is 0.303 e. The zero-order chi connectivity index (χ0) is 39.1. The molecular weight excluding hydrogens is 721 g/mol. The average molecular weight is 766 g/mol. The van der Waals surface area contributed by atoms with Crippen LogP contribution >= 0.6 is 0 Å². The van der Waals surface area contributed by atoms with E-state index in [0.717, 1.165) is 86.9 Å². The van der Waals surface area contributed by atoms with Gasteiger partial charge in [-0.3, -0.25) is 9.35 Å². The zero-order valence-electron chi connectivity index (χ0n) is 32.1. The molecule has 0 fully saturated rings. The molecule has 9 rings (SSSR count). The largest absolute Gasteiger partial charge is 0.481 e. The fourth-order valence-electron chi connectivity index (χ4n) is 9.38. The number of fused-ring (bicyclic) bond motifs is 12. The summed E-state index contributed by atoms with van der Waals surface area (Å²) < 4.78 is 43.4. The number of anilines is 2. The summed E-state index contributed by atoms with van der Waals surface area (Å²) in [5.74, 6) is 1.01. The molecule has 0 unspecified atom stereocenters. The lowest BCUT2D eigenvalue weighted by atomic mass is 9.81. The summed E-state index contributed by atoms with van der Waals surface area (Å²) in [6, 6.07) is 32.4. The molecule has 0 spiro atoms. The van der Waals surface area contributed by atoms with Crippen LogP contribution < -0.4 is 24.8 Å². The third-order valence-electron chi connectivity index (χ3n) is 11.9. The van der Waals surface area contributed by atoms with E-state index in [2.05, 4.69) is 116 Å². The number of carboxylic acids is 1. The second-order valence-electron chi connectivity index (χ2n) is 16.8. The number of hydrogen-bond acceptors (Lipinski definition) is 5. The van der Waals surface area contributed by atoms with Crippen LogP contribution in [0.2, 0.25) is 0 Å². The van der Waals surface area contributed by atoms with E-state index >= 15 is 0 Å².